The molecule has 0 atom stereocenters. The molecule has 0 aromatic rings. The zero-order valence-corrected chi connectivity index (χ0v) is 9.00. The fraction of sp³-hybridized carbons (Fsp3) is 0.750. The zero-order valence-electron chi connectivity index (χ0n) is 9.00. The maximum atomic E-state index is 12.0. The lowest BCUT2D eigenvalue weighted by Crippen LogP contribution is -2.39. The number of aliphatic hydroxyl groups is 1. The van der Waals surface area contributed by atoms with E-state index in [2.05, 4.69) is 0 Å². The Labute approximate surface area is 90.1 Å². The number of rotatable bonds is 2. The molecule has 1 aliphatic heterocycles. The predicted molar refractivity (Wildman–Crippen MR) is 56.3 cm³/mol. The van der Waals surface area contributed by atoms with Crippen molar-refractivity contribution in [2.75, 3.05) is 6.61 Å². The predicted octanol–water partition coefficient (Wildman–Crippen LogP) is 1.94. The molecule has 2 rings (SSSR count). The number of carbonyl (C=O) groups is 1. The first kappa shape index (κ1) is 10.7. The highest BCUT2D eigenvalue weighted by atomic mass is 16.5. The van der Waals surface area contributed by atoms with Gasteiger partial charge in [0.1, 0.15) is 5.60 Å². The Morgan fingerprint density at radius 1 is 1.27 bits per heavy atom. The highest BCUT2D eigenvalue weighted by Gasteiger charge is 2.39. The Balaban J connectivity index is 2.08. The second-order valence-corrected chi connectivity index (χ2v) is 4.48. The number of Topliss-reactive ketones (excluding diaryl/α,β-unsaturated/α-hetero) is 1. The topological polar surface area (TPSA) is 46.5 Å². The standard InChI is InChI=1S/C12H18O3/c13-11(10-6-5-9-15-10)12(14)7-3-1-2-4-8-12/h6,14H,1-5,7-9H2. The van der Waals surface area contributed by atoms with E-state index in [-0.39, 0.29) is 5.78 Å². The van der Waals surface area contributed by atoms with Gasteiger partial charge in [-0.1, -0.05) is 25.7 Å². The molecule has 1 heterocycles. The average molecular weight is 210 g/mol. The van der Waals surface area contributed by atoms with E-state index in [0.717, 1.165) is 32.1 Å². The van der Waals surface area contributed by atoms with Crippen LogP contribution < -0.4 is 0 Å². The molecule has 1 aliphatic carbocycles. The molecule has 0 saturated heterocycles. The second-order valence-electron chi connectivity index (χ2n) is 4.48. The smallest absolute Gasteiger partial charge is 0.228 e. The van der Waals surface area contributed by atoms with Crippen molar-refractivity contribution in [3.63, 3.8) is 0 Å². The van der Waals surface area contributed by atoms with Gasteiger partial charge in [0.05, 0.1) is 6.61 Å². The molecule has 0 aromatic carbocycles. The molecule has 0 unspecified atom stereocenters. The van der Waals surface area contributed by atoms with E-state index in [1.165, 1.54) is 0 Å². The van der Waals surface area contributed by atoms with Crippen LogP contribution in [0.25, 0.3) is 0 Å². The van der Waals surface area contributed by atoms with E-state index in [9.17, 15) is 9.90 Å². The monoisotopic (exact) mass is 210 g/mol. The van der Waals surface area contributed by atoms with Crippen molar-refractivity contribution in [2.24, 2.45) is 0 Å². The quantitative estimate of drug-likeness (QED) is 0.708. The van der Waals surface area contributed by atoms with Gasteiger partial charge in [-0.2, -0.15) is 0 Å². The highest BCUT2D eigenvalue weighted by molar-refractivity contribution is 6.00. The van der Waals surface area contributed by atoms with Crippen molar-refractivity contribution in [3.8, 4) is 0 Å². The van der Waals surface area contributed by atoms with Gasteiger partial charge in [0.25, 0.3) is 0 Å². The lowest BCUT2D eigenvalue weighted by Gasteiger charge is -2.24. The van der Waals surface area contributed by atoms with Gasteiger partial charge in [0, 0.05) is 6.42 Å². The largest absolute Gasteiger partial charge is 0.490 e. The van der Waals surface area contributed by atoms with Crippen molar-refractivity contribution in [1.82, 2.24) is 0 Å². The van der Waals surface area contributed by atoms with Gasteiger partial charge in [-0.05, 0) is 18.9 Å². The van der Waals surface area contributed by atoms with Crippen LogP contribution in [0.1, 0.15) is 44.9 Å². The van der Waals surface area contributed by atoms with E-state index < -0.39 is 5.60 Å². The fourth-order valence-corrected chi connectivity index (χ4v) is 2.35. The molecule has 2 aliphatic rings. The van der Waals surface area contributed by atoms with Crippen LogP contribution in [0.3, 0.4) is 0 Å². The van der Waals surface area contributed by atoms with E-state index in [0.29, 0.717) is 25.2 Å². The highest BCUT2D eigenvalue weighted by Crippen LogP contribution is 2.31. The third-order valence-electron chi connectivity index (χ3n) is 3.28. The summed E-state index contributed by atoms with van der Waals surface area (Å²) in [5.74, 6) is 0.196. The summed E-state index contributed by atoms with van der Waals surface area (Å²) in [5, 5.41) is 10.3. The van der Waals surface area contributed by atoms with Crippen LogP contribution in [0.15, 0.2) is 11.8 Å². The Kier molecular flexibility index (Phi) is 3.10. The molecule has 0 bridgehead atoms. The fourth-order valence-electron chi connectivity index (χ4n) is 2.35. The van der Waals surface area contributed by atoms with Gasteiger partial charge in [-0.3, -0.25) is 4.79 Å². The summed E-state index contributed by atoms with van der Waals surface area (Å²) in [6.45, 7) is 0.581. The second kappa shape index (κ2) is 4.35. The lowest BCUT2D eigenvalue weighted by molar-refractivity contribution is -0.137. The minimum Gasteiger partial charge on any atom is -0.490 e. The van der Waals surface area contributed by atoms with E-state index in [1.54, 1.807) is 6.08 Å². The molecule has 3 heteroatoms. The van der Waals surface area contributed by atoms with Crippen LogP contribution in [-0.4, -0.2) is 23.1 Å². The number of carbonyl (C=O) groups excluding carboxylic acids is 1. The van der Waals surface area contributed by atoms with Crippen molar-refractivity contribution < 1.29 is 14.6 Å². The van der Waals surface area contributed by atoms with Crippen molar-refractivity contribution in [3.05, 3.63) is 11.8 Å². The van der Waals surface area contributed by atoms with Crippen LogP contribution in [0, 0.1) is 0 Å². The first-order valence-corrected chi connectivity index (χ1v) is 5.82. The zero-order chi connectivity index (χ0) is 10.7. The molecule has 0 radical (unpaired) electrons. The van der Waals surface area contributed by atoms with Crippen LogP contribution in [0.5, 0.6) is 0 Å². The number of ether oxygens (including phenoxy) is 1. The molecular weight excluding hydrogens is 192 g/mol. The summed E-state index contributed by atoms with van der Waals surface area (Å²) in [5.41, 5.74) is -1.15. The minimum absolute atomic E-state index is 0.193. The molecule has 0 amide bonds. The maximum Gasteiger partial charge on any atom is 0.228 e. The Morgan fingerprint density at radius 3 is 2.47 bits per heavy atom. The number of hydrogen-bond acceptors (Lipinski definition) is 3. The SMILES string of the molecule is O=C(C1=CCCO1)C1(O)CCCCCC1. The molecule has 1 saturated carbocycles. The average Bonchev–Trinajstić information content (AvgIpc) is 2.67. The number of hydrogen-bond donors (Lipinski definition) is 1. The van der Waals surface area contributed by atoms with Gasteiger partial charge < -0.3 is 9.84 Å². The number of ketones is 1. The summed E-state index contributed by atoms with van der Waals surface area (Å²) in [7, 11) is 0. The molecule has 0 aromatic heterocycles. The van der Waals surface area contributed by atoms with Gasteiger partial charge in [0.15, 0.2) is 5.76 Å². The van der Waals surface area contributed by atoms with Crippen molar-refractivity contribution in [2.45, 2.75) is 50.5 Å². The Hall–Kier alpha value is -0.830. The Bertz CT molecular complexity index is 273. The van der Waals surface area contributed by atoms with Crippen LogP contribution in [-0.2, 0) is 9.53 Å². The molecule has 3 nitrogen and oxygen atoms in total. The molecule has 15 heavy (non-hydrogen) atoms. The molecule has 84 valence electrons. The van der Waals surface area contributed by atoms with Gasteiger partial charge >= 0.3 is 0 Å². The molecule has 1 N–H and O–H groups in total. The molecule has 0 spiro atoms. The minimum atomic E-state index is -1.15. The van der Waals surface area contributed by atoms with E-state index in [1.807, 2.05) is 0 Å². The van der Waals surface area contributed by atoms with Gasteiger partial charge in [-0.15, -0.1) is 0 Å². The van der Waals surface area contributed by atoms with Crippen LogP contribution in [0.2, 0.25) is 0 Å². The first-order chi connectivity index (χ1) is 7.22. The van der Waals surface area contributed by atoms with Crippen molar-refractivity contribution in [1.29, 1.82) is 0 Å². The summed E-state index contributed by atoms with van der Waals surface area (Å²) in [6, 6.07) is 0. The van der Waals surface area contributed by atoms with Crippen LogP contribution in [0.4, 0.5) is 0 Å². The summed E-state index contributed by atoms with van der Waals surface area (Å²) >= 11 is 0. The first-order valence-electron chi connectivity index (χ1n) is 5.82. The van der Waals surface area contributed by atoms with E-state index >= 15 is 0 Å². The lowest BCUT2D eigenvalue weighted by atomic mass is 9.89. The van der Waals surface area contributed by atoms with Crippen LogP contribution >= 0.6 is 0 Å². The molecule has 1 fully saturated rings. The third-order valence-corrected chi connectivity index (χ3v) is 3.28. The normalized spacial score (nSPS) is 25.3. The van der Waals surface area contributed by atoms with Crippen molar-refractivity contribution >= 4 is 5.78 Å². The summed E-state index contributed by atoms with van der Waals surface area (Å²) in [6.07, 6.45) is 7.89. The summed E-state index contributed by atoms with van der Waals surface area (Å²) in [4.78, 5) is 12.0. The molecular formula is C12H18O3. The van der Waals surface area contributed by atoms with Gasteiger partial charge in [-0.25, -0.2) is 0 Å². The third kappa shape index (κ3) is 2.23. The summed E-state index contributed by atoms with van der Waals surface area (Å²) < 4.78 is 5.23. The van der Waals surface area contributed by atoms with E-state index in [4.69, 9.17) is 4.74 Å². The Morgan fingerprint density at radius 2 is 1.93 bits per heavy atom. The maximum absolute atomic E-state index is 12.0. The van der Waals surface area contributed by atoms with Gasteiger partial charge in [0.2, 0.25) is 5.78 Å².